The van der Waals surface area contributed by atoms with Crippen molar-refractivity contribution in [3.63, 3.8) is 0 Å². The van der Waals surface area contributed by atoms with Crippen molar-refractivity contribution >= 4 is 16.6 Å². The van der Waals surface area contributed by atoms with Crippen LogP contribution < -0.4 is 4.90 Å². The van der Waals surface area contributed by atoms with Crippen molar-refractivity contribution in [3.8, 4) is 5.69 Å². The van der Waals surface area contributed by atoms with Crippen LogP contribution in [0.4, 0.5) is 18.9 Å². The summed E-state index contributed by atoms with van der Waals surface area (Å²) in [6.45, 7) is 7.41. The Morgan fingerprint density at radius 3 is 2.44 bits per heavy atom. The molecule has 2 unspecified atom stereocenters. The summed E-state index contributed by atoms with van der Waals surface area (Å²) in [7, 11) is 0. The van der Waals surface area contributed by atoms with E-state index < -0.39 is 11.7 Å². The van der Waals surface area contributed by atoms with E-state index in [4.69, 9.17) is 0 Å². The maximum atomic E-state index is 13.5. The lowest BCUT2D eigenvalue weighted by molar-refractivity contribution is -0.136. The lowest BCUT2D eigenvalue weighted by atomic mass is 9.87. The highest BCUT2D eigenvalue weighted by Crippen LogP contribution is 2.39. The molecule has 0 N–H and O–H groups in total. The Morgan fingerprint density at radius 2 is 1.78 bits per heavy atom. The summed E-state index contributed by atoms with van der Waals surface area (Å²) in [5.41, 5.74) is 2.88. The second-order valence-corrected chi connectivity index (χ2v) is 7.56. The normalized spacial score (nSPS) is 20.1. The molecule has 0 spiro atoms. The lowest BCUT2D eigenvalue weighted by Gasteiger charge is -2.48. The van der Waals surface area contributed by atoms with Crippen LogP contribution in [0.3, 0.4) is 0 Å². The van der Waals surface area contributed by atoms with Gasteiger partial charge in [-0.1, -0.05) is 32.0 Å². The van der Waals surface area contributed by atoms with Crippen LogP contribution in [0.15, 0.2) is 48.7 Å². The van der Waals surface area contributed by atoms with E-state index in [-0.39, 0.29) is 5.39 Å². The number of nitrogens with zero attached hydrogens (tertiary/aromatic N) is 2. The molecule has 2 heterocycles. The average Bonchev–Trinajstić information content (AvgIpc) is 2.99. The van der Waals surface area contributed by atoms with E-state index in [1.54, 1.807) is 22.8 Å². The van der Waals surface area contributed by atoms with Gasteiger partial charge >= 0.3 is 6.18 Å². The van der Waals surface area contributed by atoms with Gasteiger partial charge < -0.3 is 9.47 Å². The summed E-state index contributed by atoms with van der Waals surface area (Å²) in [4.78, 5) is 2.36. The van der Waals surface area contributed by atoms with Gasteiger partial charge in [-0.25, -0.2) is 0 Å². The predicted octanol–water partition coefficient (Wildman–Crippen LogP) is 6.19. The van der Waals surface area contributed by atoms with Crippen molar-refractivity contribution in [3.05, 3.63) is 59.8 Å². The third-order valence-electron chi connectivity index (χ3n) is 5.63. The van der Waals surface area contributed by atoms with Crippen LogP contribution in [0.25, 0.3) is 16.6 Å². The van der Waals surface area contributed by atoms with Gasteiger partial charge in [0.05, 0.1) is 11.1 Å². The Hall–Kier alpha value is -2.43. The zero-order chi connectivity index (χ0) is 19.3. The molecule has 1 fully saturated rings. The SMILES string of the molecule is CCC1C(C)CN1c1cc(C)cc(-n2cc(C(F)(F)F)c3ccccc32)c1. The molecule has 142 valence electrons. The molecule has 2 aromatic carbocycles. The molecule has 0 radical (unpaired) electrons. The molecule has 1 aliphatic rings. The molecule has 1 aliphatic heterocycles. The largest absolute Gasteiger partial charge is 0.418 e. The minimum Gasteiger partial charge on any atom is -0.368 e. The molecule has 0 amide bonds. The van der Waals surface area contributed by atoms with E-state index in [2.05, 4.69) is 24.8 Å². The highest BCUT2D eigenvalue weighted by atomic mass is 19.4. The smallest absolute Gasteiger partial charge is 0.368 e. The number of rotatable bonds is 3. The van der Waals surface area contributed by atoms with Crippen molar-refractivity contribution in [1.82, 2.24) is 4.57 Å². The summed E-state index contributed by atoms with van der Waals surface area (Å²) in [5.74, 6) is 0.642. The molecule has 3 aromatic rings. The van der Waals surface area contributed by atoms with Crippen LogP contribution in [0.5, 0.6) is 0 Å². The molecule has 0 aliphatic carbocycles. The summed E-state index contributed by atoms with van der Waals surface area (Å²) < 4.78 is 42.2. The molecule has 27 heavy (non-hydrogen) atoms. The van der Waals surface area contributed by atoms with Gasteiger partial charge in [-0.15, -0.1) is 0 Å². The summed E-state index contributed by atoms with van der Waals surface area (Å²) in [6.07, 6.45) is -2.09. The zero-order valence-corrected chi connectivity index (χ0v) is 15.7. The van der Waals surface area contributed by atoms with Crippen LogP contribution in [0, 0.1) is 12.8 Å². The Kier molecular flexibility index (Phi) is 4.21. The van der Waals surface area contributed by atoms with Crippen LogP contribution in [-0.2, 0) is 6.18 Å². The van der Waals surface area contributed by atoms with Crippen molar-refractivity contribution in [2.75, 3.05) is 11.4 Å². The molecule has 2 nitrogen and oxygen atoms in total. The number of benzene rings is 2. The van der Waals surface area contributed by atoms with Gasteiger partial charge in [0.15, 0.2) is 0 Å². The third-order valence-corrected chi connectivity index (χ3v) is 5.63. The van der Waals surface area contributed by atoms with Crippen molar-refractivity contribution in [2.24, 2.45) is 5.92 Å². The highest BCUT2D eigenvalue weighted by Gasteiger charge is 2.36. The maximum absolute atomic E-state index is 13.5. The van der Waals surface area contributed by atoms with Gasteiger partial charge in [0.2, 0.25) is 0 Å². The van der Waals surface area contributed by atoms with Gasteiger partial charge in [-0.05, 0) is 49.1 Å². The topological polar surface area (TPSA) is 8.17 Å². The first kappa shape index (κ1) is 18.0. The fourth-order valence-electron chi connectivity index (χ4n) is 4.32. The average molecular weight is 372 g/mol. The standard InChI is InChI=1S/C22H23F3N2/c1-4-20-15(3)12-26(20)16-9-14(2)10-17(11-16)27-13-19(22(23,24)25)18-7-5-6-8-21(18)27/h5-11,13,15,20H,4,12H2,1-3H3. The number of fused-ring (bicyclic) bond motifs is 1. The number of alkyl halides is 3. The van der Waals surface area contributed by atoms with E-state index in [1.807, 2.05) is 19.1 Å². The minimum absolute atomic E-state index is 0.233. The lowest BCUT2D eigenvalue weighted by Crippen LogP contribution is -2.54. The number of para-hydroxylation sites is 1. The van der Waals surface area contributed by atoms with Crippen molar-refractivity contribution in [2.45, 2.75) is 39.4 Å². The highest BCUT2D eigenvalue weighted by molar-refractivity contribution is 5.86. The van der Waals surface area contributed by atoms with Crippen LogP contribution in [0.2, 0.25) is 0 Å². The second-order valence-electron chi connectivity index (χ2n) is 7.56. The van der Waals surface area contributed by atoms with E-state index in [0.717, 1.165) is 29.9 Å². The van der Waals surface area contributed by atoms with E-state index in [9.17, 15) is 13.2 Å². The van der Waals surface area contributed by atoms with Crippen LogP contribution in [-0.4, -0.2) is 17.2 Å². The van der Waals surface area contributed by atoms with Gasteiger partial charge in [0.1, 0.15) is 0 Å². The van der Waals surface area contributed by atoms with Crippen LogP contribution >= 0.6 is 0 Å². The van der Waals surface area contributed by atoms with Gasteiger partial charge in [0, 0.05) is 35.5 Å². The molecule has 4 rings (SSSR count). The Balaban J connectivity index is 1.85. The fourth-order valence-corrected chi connectivity index (χ4v) is 4.32. The fraction of sp³-hybridized carbons (Fsp3) is 0.364. The number of anilines is 1. The number of halogens is 3. The van der Waals surface area contributed by atoms with Gasteiger partial charge in [-0.3, -0.25) is 0 Å². The minimum atomic E-state index is -4.38. The molecule has 0 saturated carbocycles. The Morgan fingerprint density at radius 1 is 1.07 bits per heavy atom. The first-order chi connectivity index (χ1) is 12.8. The van der Waals surface area contributed by atoms with Crippen molar-refractivity contribution in [1.29, 1.82) is 0 Å². The second kappa shape index (κ2) is 6.32. The van der Waals surface area contributed by atoms with Crippen molar-refractivity contribution < 1.29 is 13.2 Å². The zero-order valence-electron chi connectivity index (χ0n) is 15.7. The number of hydrogen-bond acceptors (Lipinski definition) is 1. The van der Waals surface area contributed by atoms with Gasteiger partial charge in [-0.2, -0.15) is 13.2 Å². The summed E-state index contributed by atoms with van der Waals surface area (Å²) >= 11 is 0. The van der Waals surface area contributed by atoms with E-state index in [0.29, 0.717) is 17.5 Å². The van der Waals surface area contributed by atoms with E-state index in [1.165, 1.54) is 12.3 Å². The molecule has 1 saturated heterocycles. The monoisotopic (exact) mass is 372 g/mol. The maximum Gasteiger partial charge on any atom is 0.418 e. The number of aromatic nitrogens is 1. The first-order valence-corrected chi connectivity index (χ1v) is 9.35. The summed E-state index contributed by atoms with van der Waals surface area (Å²) in [6, 6.07) is 13.3. The molecule has 5 heteroatoms. The van der Waals surface area contributed by atoms with E-state index >= 15 is 0 Å². The van der Waals surface area contributed by atoms with Crippen LogP contribution in [0.1, 0.15) is 31.4 Å². The molecular weight excluding hydrogens is 349 g/mol. The third kappa shape index (κ3) is 2.99. The molecule has 1 aromatic heterocycles. The molecular formula is C22H23F3N2. The number of aryl methyl sites for hydroxylation is 1. The predicted molar refractivity (Wildman–Crippen MR) is 104 cm³/mol. The number of hydrogen-bond donors (Lipinski definition) is 0. The first-order valence-electron chi connectivity index (χ1n) is 9.35. The Labute approximate surface area is 157 Å². The molecule has 0 bridgehead atoms. The Bertz CT molecular complexity index is 987. The quantitative estimate of drug-likeness (QED) is 0.532. The molecule has 2 atom stereocenters. The summed E-state index contributed by atoms with van der Waals surface area (Å²) in [5, 5.41) is 0.233. The van der Waals surface area contributed by atoms with Gasteiger partial charge in [0.25, 0.3) is 0 Å².